The van der Waals surface area contributed by atoms with Crippen LogP contribution in [-0.2, 0) is 0 Å². The van der Waals surface area contributed by atoms with Crippen molar-refractivity contribution in [3.8, 4) is 16.4 Å². The second kappa shape index (κ2) is 4.24. The van der Waals surface area contributed by atoms with Crippen LogP contribution >= 0.6 is 11.3 Å². The Morgan fingerprint density at radius 2 is 1.95 bits per heavy atom. The van der Waals surface area contributed by atoms with Crippen LogP contribution in [0.2, 0.25) is 0 Å². The second-order valence-corrected chi connectivity index (χ2v) is 5.81. The highest BCUT2D eigenvalue weighted by Crippen LogP contribution is 2.34. The molecule has 0 saturated heterocycles. The first-order valence-corrected chi connectivity index (χ1v) is 6.71. The quantitative estimate of drug-likeness (QED) is 0.732. The van der Waals surface area contributed by atoms with Crippen molar-refractivity contribution in [3.63, 3.8) is 0 Å². The van der Waals surface area contributed by atoms with Crippen molar-refractivity contribution in [1.82, 2.24) is 0 Å². The predicted octanol–water partition coefficient (Wildman–Crippen LogP) is 3.84. The lowest BCUT2D eigenvalue weighted by molar-refractivity contribution is 0.449. The molecule has 3 nitrogen and oxygen atoms in total. The summed E-state index contributed by atoms with van der Waals surface area (Å²) in [5, 5.41) is 10.5. The minimum Gasteiger partial charge on any atom is -0.501 e. The Bertz CT molecular complexity index is 827. The second-order valence-electron chi connectivity index (χ2n) is 4.52. The van der Waals surface area contributed by atoms with E-state index in [1.807, 2.05) is 32.0 Å². The molecule has 4 heteroatoms. The van der Waals surface area contributed by atoms with Crippen LogP contribution in [0.3, 0.4) is 0 Å². The molecule has 2 heterocycles. The molecule has 2 aromatic heterocycles. The average molecular weight is 272 g/mol. The largest absolute Gasteiger partial charge is 0.501 e. The fraction of sp³-hybridized carbons (Fsp3) is 0.133. The highest BCUT2D eigenvalue weighted by molar-refractivity contribution is 7.15. The minimum absolute atomic E-state index is 0.249. The molecule has 0 unspecified atom stereocenters. The first-order valence-electron chi connectivity index (χ1n) is 5.89. The van der Waals surface area contributed by atoms with Gasteiger partial charge in [-0.25, -0.2) is 0 Å². The molecule has 0 atom stereocenters. The summed E-state index contributed by atoms with van der Waals surface area (Å²) in [6, 6.07) is 9.14. The van der Waals surface area contributed by atoms with E-state index < -0.39 is 0 Å². The van der Waals surface area contributed by atoms with Crippen LogP contribution < -0.4 is 5.43 Å². The summed E-state index contributed by atoms with van der Waals surface area (Å²) in [5.41, 5.74) is 1.07. The van der Waals surface area contributed by atoms with Gasteiger partial charge in [0.1, 0.15) is 5.58 Å². The van der Waals surface area contributed by atoms with Crippen LogP contribution in [0, 0.1) is 13.8 Å². The summed E-state index contributed by atoms with van der Waals surface area (Å²) in [4.78, 5) is 14.0. The summed E-state index contributed by atoms with van der Waals surface area (Å²) >= 11 is 1.48. The van der Waals surface area contributed by atoms with Crippen molar-refractivity contribution in [1.29, 1.82) is 0 Å². The van der Waals surface area contributed by atoms with Crippen LogP contribution in [0.25, 0.3) is 21.6 Å². The fourth-order valence-electron chi connectivity index (χ4n) is 2.02. The molecule has 0 aliphatic carbocycles. The number of hydrogen-bond acceptors (Lipinski definition) is 4. The smallest absolute Gasteiger partial charge is 0.235 e. The minimum atomic E-state index is -0.383. The van der Waals surface area contributed by atoms with Crippen molar-refractivity contribution in [3.05, 3.63) is 51.0 Å². The Hall–Kier alpha value is -2.07. The van der Waals surface area contributed by atoms with Gasteiger partial charge in [-0.05, 0) is 38.1 Å². The van der Waals surface area contributed by atoms with Gasteiger partial charge < -0.3 is 9.52 Å². The molecule has 0 spiro atoms. The van der Waals surface area contributed by atoms with E-state index in [9.17, 15) is 9.90 Å². The molecule has 0 amide bonds. The van der Waals surface area contributed by atoms with Crippen molar-refractivity contribution in [2.45, 2.75) is 13.8 Å². The van der Waals surface area contributed by atoms with Gasteiger partial charge in [0.25, 0.3) is 0 Å². The molecule has 96 valence electrons. The van der Waals surface area contributed by atoms with Gasteiger partial charge in [-0.1, -0.05) is 11.6 Å². The number of fused-ring (bicyclic) bond motifs is 1. The van der Waals surface area contributed by atoms with Crippen LogP contribution in [0.15, 0.2) is 39.5 Å². The van der Waals surface area contributed by atoms with E-state index in [2.05, 4.69) is 0 Å². The first kappa shape index (κ1) is 12.0. The number of hydrogen-bond donors (Lipinski definition) is 1. The Labute approximate surface area is 113 Å². The van der Waals surface area contributed by atoms with E-state index in [1.54, 1.807) is 12.1 Å². The molecule has 1 aromatic carbocycles. The third-order valence-corrected chi connectivity index (χ3v) is 3.99. The Morgan fingerprint density at radius 3 is 2.63 bits per heavy atom. The monoisotopic (exact) mass is 272 g/mol. The average Bonchev–Trinajstić information content (AvgIpc) is 2.81. The van der Waals surface area contributed by atoms with Gasteiger partial charge in [-0.2, -0.15) is 0 Å². The van der Waals surface area contributed by atoms with Gasteiger partial charge in [-0.15, -0.1) is 11.3 Å². The molecule has 0 radical (unpaired) electrons. The van der Waals surface area contributed by atoms with Gasteiger partial charge in [0.05, 0.1) is 10.3 Å². The van der Waals surface area contributed by atoms with E-state index in [0.717, 1.165) is 15.3 Å². The number of thiophene rings is 1. The lowest BCUT2D eigenvalue weighted by Crippen LogP contribution is -2.02. The van der Waals surface area contributed by atoms with Gasteiger partial charge in [0.2, 0.25) is 11.2 Å². The summed E-state index contributed by atoms with van der Waals surface area (Å²) in [6.45, 7) is 3.86. The number of aryl methyl sites for hydroxylation is 2. The molecule has 3 rings (SSSR count). The van der Waals surface area contributed by atoms with Crippen molar-refractivity contribution >= 4 is 22.3 Å². The van der Waals surface area contributed by atoms with Crippen LogP contribution in [0.5, 0.6) is 5.75 Å². The van der Waals surface area contributed by atoms with Crippen molar-refractivity contribution in [2.24, 2.45) is 0 Å². The molecule has 1 N–H and O–H groups in total. The summed E-state index contributed by atoms with van der Waals surface area (Å²) in [5.74, 6) is -0.0700. The molecule has 0 saturated carbocycles. The zero-order chi connectivity index (χ0) is 13.6. The zero-order valence-electron chi connectivity index (χ0n) is 10.6. The highest BCUT2D eigenvalue weighted by Gasteiger charge is 2.16. The molecular weight excluding hydrogens is 260 g/mol. The number of aromatic hydroxyl groups is 1. The van der Waals surface area contributed by atoms with Gasteiger partial charge in [-0.3, -0.25) is 4.79 Å². The summed E-state index contributed by atoms with van der Waals surface area (Å²) in [7, 11) is 0. The summed E-state index contributed by atoms with van der Waals surface area (Å²) < 4.78 is 5.69. The third kappa shape index (κ3) is 1.94. The van der Waals surface area contributed by atoms with Crippen LogP contribution in [0.1, 0.15) is 10.4 Å². The fourth-order valence-corrected chi connectivity index (χ4v) is 2.87. The maximum absolute atomic E-state index is 12.2. The Balaban J connectivity index is 2.36. The molecule has 0 aliphatic heterocycles. The zero-order valence-corrected chi connectivity index (χ0v) is 11.4. The standard InChI is InChI=1S/C15H12O3S/c1-8-3-5-11-10(7-8)13(16)14(17)15(18-11)12-6-4-9(2)19-12/h3-7,17H,1-2H3. The third-order valence-electron chi connectivity index (χ3n) is 2.99. The van der Waals surface area contributed by atoms with E-state index in [4.69, 9.17) is 4.42 Å². The molecule has 19 heavy (non-hydrogen) atoms. The normalized spacial score (nSPS) is 11.1. The SMILES string of the molecule is Cc1ccc2oc(-c3ccc(C)s3)c(O)c(=O)c2c1. The lowest BCUT2D eigenvalue weighted by Gasteiger charge is -2.04. The lowest BCUT2D eigenvalue weighted by atomic mass is 10.1. The Morgan fingerprint density at radius 1 is 1.16 bits per heavy atom. The molecule has 0 bridgehead atoms. The number of rotatable bonds is 1. The van der Waals surface area contributed by atoms with Crippen molar-refractivity contribution < 1.29 is 9.52 Å². The summed E-state index contributed by atoms with van der Waals surface area (Å²) in [6.07, 6.45) is 0. The van der Waals surface area contributed by atoms with Gasteiger partial charge >= 0.3 is 0 Å². The maximum atomic E-state index is 12.2. The van der Waals surface area contributed by atoms with Crippen molar-refractivity contribution in [2.75, 3.05) is 0 Å². The number of benzene rings is 1. The topological polar surface area (TPSA) is 50.4 Å². The highest BCUT2D eigenvalue weighted by atomic mass is 32.1. The first-order chi connectivity index (χ1) is 9.06. The Kier molecular flexibility index (Phi) is 2.68. The van der Waals surface area contributed by atoms with E-state index in [-0.39, 0.29) is 16.9 Å². The molecular formula is C15H12O3S. The van der Waals surface area contributed by atoms with E-state index in [0.29, 0.717) is 11.0 Å². The molecule has 3 aromatic rings. The van der Waals surface area contributed by atoms with Crippen LogP contribution in [-0.4, -0.2) is 5.11 Å². The van der Waals surface area contributed by atoms with Gasteiger partial charge in [0.15, 0.2) is 5.76 Å². The van der Waals surface area contributed by atoms with E-state index >= 15 is 0 Å². The predicted molar refractivity (Wildman–Crippen MR) is 76.9 cm³/mol. The molecule has 0 fully saturated rings. The molecule has 0 aliphatic rings. The maximum Gasteiger partial charge on any atom is 0.235 e. The van der Waals surface area contributed by atoms with Crippen LogP contribution in [0.4, 0.5) is 0 Å². The van der Waals surface area contributed by atoms with Gasteiger partial charge in [0, 0.05) is 4.88 Å². The van der Waals surface area contributed by atoms with E-state index in [1.165, 1.54) is 11.3 Å².